The van der Waals surface area contributed by atoms with Crippen molar-refractivity contribution in [3.8, 4) is 0 Å². The zero-order chi connectivity index (χ0) is 18.1. The highest BCUT2D eigenvalue weighted by molar-refractivity contribution is 6.06. The van der Waals surface area contributed by atoms with Crippen LogP contribution in [0.3, 0.4) is 0 Å². The summed E-state index contributed by atoms with van der Waals surface area (Å²) in [7, 11) is 1.71. The van der Waals surface area contributed by atoms with Crippen LogP contribution in [-0.4, -0.2) is 50.7 Å². The topological polar surface area (TPSA) is 45.9 Å². The molecule has 26 heavy (non-hydrogen) atoms. The summed E-state index contributed by atoms with van der Waals surface area (Å²) < 4.78 is 24.5. The molecule has 138 valence electrons. The van der Waals surface area contributed by atoms with E-state index in [1.807, 2.05) is 0 Å². The van der Waals surface area contributed by atoms with Gasteiger partial charge in [-0.05, 0) is 61.8 Å². The van der Waals surface area contributed by atoms with Gasteiger partial charge in [0.2, 0.25) is 0 Å². The van der Waals surface area contributed by atoms with Crippen molar-refractivity contribution >= 4 is 11.6 Å². The van der Waals surface area contributed by atoms with Crippen molar-refractivity contribution in [1.29, 1.82) is 0 Å². The van der Waals surface area contributed by atoms with Gasteiger partial charge < -0.3 is 19.0 Å². The number of rotatable bonds is 4. The van der Waals surface area contributed by atoms with Crippen molar-refractivity contribution in [2.75, 3.05) is 44.8 Å². The molecule has 1 aromatic carbocycles. The molecule has 2 aliphatic heterocycles. The molecular weight excluding hydrogens is 335 g/mol. The summed E-state index contributed by atoms with van der Waals surface area (Å²) in [4.78, 5) is 17.0. The second kappa shape index (κ2) is 6.85. The molecule has 0 saturated carbocycles. The van der Waals surface area contributed by atoms with Crippen molar-refractivity contribution in [3.63, 3.8) is 0 Å². The van der Waals surface area contributed by atoms with E-state index in [1.165, 1.54) is 12.3 Å². The van der Waals surface area contributed by atoms with E-state index < -0.39 is 0 Å². The van der Waals surface area contributed by atoms with Gasteiger partial charge in [-0.3, -0.25) is 4.79 Å². The number of halogens is 1. The third-order valence-corrected chi connectivity index (χ3v) is 5.68. The molecule has 0 atom stereocenters. The number of piperidine rings is 1. The summed E-state index contributed by atoms with van der Waals surface area (Å²) >= 11 is 0. The molecule has 1 spiro atoms. The van der Waals surface area contributed by atoms with Gasteiger partial charge in [0.15, 0.2) is 5.76 Å². The summed E-state index contributed by atoms with van der Waals surface area (Å²) in [6.45, 7) is 4.02. The first-order valence-electron chi connectivity index (χ1n) is 9.00. The Balaban J connectivity index is 1.62. The minimum absolute atomic E-state index is 0.165. The monoisotopic (exact) mass is 358 g/mol. The molecule has 0 radical (unpaired) electrons. The van der Waals surface area contributed by atoms with Crippen molar-refractivity contribution < 1.29 is 18.3 Å². The lowest BCUT2D eigenvalue weighted by Crippen LogP contribution is -2.46. The fourth-order valence-corrected chi connectivity index (χ4v) is 4.21. The van der Waals surface area contributed by atoms with Crippen LogP contribution in [0.4, 0.5) is 10.1 Å². The Morgan fingerprint density at radius 2 is 2.12 bits per heavy atom. The van der Waals surface area contributed by atoms with Crippen LogP contribution in [0.25, 0.3) is 0 Å². The summed E-state index contributed by atoms with van der Waals surface area (Å²) in [5.74, 6) is -0.103. The van der Waals surface area contributed by atoms with Gasteiger partial charge >= 0.3 is 0 Å². The van der Waals surface area contributed by atoms with Crippen LogP contribution >= 0.6 is 0 Å². The van der Waals surface area contributed by atoms with Gasteiger partial charge in [0.25, 0.3) is 5.91 Å². The number of hydrogen-bond donors (Lipinski definition) is 0. The Morgan fingerprint density at radius 3 is 2.81 bits per heavy atom. The second-order valence-electron chi connectivity index (χ2n) is 7.14. The van der Waals surface area contributed by atoms with Crippen LogP contribution in [-0.2, 0) is 10.2 Å². The highest BCUT2D eigenvalue weighted by Crippen LogP contribution is 2.47. The normalized spacial score (nSPS) is 19.1. The Hall–Kier alpha value is -2.18. The maximum Gasteiger partial charge on any atom is 0.293 e. The van der Waals surface area contributed by atoms with Gasteiger partial charge in [0.1, 0.15) is 5.82 Å². The number of furan rings is 1. The quantitative estimate of drug-likeness (QED) is 0.843. The number of anilines is 1. The fourth-order valence-electron chi connectivity index (χ4n) is 4.21. The van der Waals surface area contributed by atoms with Gasteiger partial charge in [-0.2, -0.15) is 0 Å². The number of fused-ring (bicyclic) bond motifs is 2. The van der Waals surface area contributed by atoms with E-state index in [2.05, 4.69) is 4.90 Å². The molecule has 1 aromatic heterocycles. The fraction of sp³-hybridized carbons (Fsp3) is 0.450. The smallest absolute Gasteiger partial charge is 0.293 e. The number of benzene rings is 1. The molecule has 6 heteroatoms. The molecule has 0 unspecified atom stereocenters. The summed E-state index contributed by atoms with van der Waals surface area (Å²) in [6, 6.07) is 8.13. The number of carbonyl (C=O) groups is 1. The van der Waals surface area contributed by atoms with Crippen molar-refractivity contribution in [2.45, 2.75) is 18.3 Å². The number of amides is 1. The van der Waals surface area contributed by atoms with Crippen LogP contribution in [0.2, 0.25) is 0 Å². The van der Waals surface area contributed by atoms with Gasteiger partial charge in [0, 0.05) is 31.3 Å². The zero-order valence-corrected chi connectivity index (χ0v) is 14.9. The van der Waals surface area contributed by atoms with E-state index in [4.69, 9.17) is 9.15 Å². The maximum absolute atomic E-state index is 14.0. The van der Waals surface area contributed by atoms with E-state index >= 15 is 0 Å². The summed E-state index contributed by atoms with van der Waals surface area (Å²) in [6.07, 6.45) is 3.29. The predicted octanol–water partition coefficient (Wildman–Crippen LogP) is 3.06. The lowest BCUT2D eigenvalue weighted by atomic mass is 9.74. The van der Waals surface area contributed by atoms with E-state index in [0.717, 1.165) is 43.7 Å². The molecule has 5 nitrogen and oxygen atoms in total. The number of hydrogen-bond acceptors (Lipinski definition) is 4. The first-order valence-corrected chi connectivity index (χ1v) is 9.00. The molecule has 1 amide bonds. The Morgan fingerprint density at radius 1 is 1.31 bits per heavy atom. The number of nitrogens with zero attached hydrogens (tertiary/aromatic N) is 2. The van der Waals surface area contributed by atoms with Crippen LogP contribution in [0, 0.1) is 5.82 Å². The molecule has 1 saturated heterocycles. The molecule has 3 heterocycles. The minimum atomic E-state index is -0.253. The van der Waals surface area contributed by atoms with E-state index in [-0.39, 0.29) is 17.1 Å². The zero-order valence-electron chi connectivity index (χ0n) is 14.9. The number of likely N-dealkylation sites (tertiary alicyclic amines) is 1. The Labute approximate surface area is 152 Å². The van der Waals surface area contributed by atoms with Crippen LogP contribution in [0.1, 0.15) is 29.0 Å². The van der Waals surface area contributed by atoms with Gasteiger partial charge in [-0.15, -0.1) is 0 Å². The second-order valence-corrected chi connectivity index (χ2v) is 7.14. The molecule has 0 N–H and O–H groups in total. The average Bonchev–Trinajstić information content (AvgIpc) is 3.29. The Kier molecular flexibility index (Phi) is 4.54. The van der Waals surface area contributed by atoms with E-state index in [0.29, 0.717) is 18.9 Å². The standard InChI is InChI=1S/C20H23FN2O3/c1-25-12-10-22-8-6-20(7-9-22)14-23(19(24)18-3-2-11-26-18)17-5-4-15(21)13-16(17)20/h2-5,11,13H,6-10,12,14H2,1H3. The molecule has 1 fully saturated rings. The number of ether oxygens (including phenoxy) is 1. The largest absolute Gasteiger partial charge is 0.459 e. The van der Waals surface area contributed by atoms with Crippen molar-refractivity contribution in [2.24, 2.45) is 0 Å². The third kappa shape index (κ3) is 2.93. The first kappa shape index (κ1) is 17.2. The van der Waals surface area contributed by atoms with E-state index in [1.54, 1.807) is 36.3 Å². The minimum Gasteiger partial charge on any atom is -0.459 e. The highest BCUT2D eigenvalue weighted by Gasteiger charge is 2.46. The average molecular weight is 358 g/mol. The molecule has 0 bridgehead atoms. The van der Waals surface area contributed by atoms with Crippen LogP contribution in [0.5, 0.6) is 0 Å². The summed E-state index contributed by atoms with van der Waals surface area (Å²) in [5.41, 5.74) is 1.56. The van der Waals surface area contributed by atoms with Crippen LogP contribution in [0.15, 0.2) is 41.0 Å². The number of carbonyl (C=O) groups excluding carboxylic acids is 1. The molecule has 2 aromatic rings. The SMILES string of the molecule is COCCN1CCC2(CC1)CN(C(=O)c1ccco1)c1ccc(F)cc12. The first-order chi connectivity index (χ1) is 12.6. The number of methoxy groups -OCH3 is 1. The van der Waals surface area contributed by atoms with Crippen molar-refractivity contribution in [1.82, 2.24) is 4.90 Å². The van der Waals surface area contributed by atoms with Crippen LogP contribution < -0.4 is 4.90 Å². The lowest BCUT2D eigenvalue weighted by Gasteiger charge is -2.39. The summed E-state index contributed by atoms with van der Waals surface area (Å²) in [5, 5.41) is 0. The highest BCUT2D eigenvalue weighted by atomic mass is 19.1. The molecular formula is C20H23FN2O3. The Bertz CT molecular complexity index is 782. The van der Waals surface area contributed by atoms with Gasteiger partial charge in [-0.1, -0.05) is 0 Å². The van der Waals surface area contributed by atoms with Gasteiger partial charge in [0.05, 0.1) is 12.9 Å². The van der Waals surface area contributed by atoms with Crippen molar-refractivity contribution in [3.05, 3.63) is 53.7 Å². The van der Waals surface area contributed by atoms with E-state index in [9.17, 15) is 9.18 Å². The van der Waals surface area contributed by atoms with Gasteiger partial charge in [-0.25, -0.2) is 4.39 Å². The maximum atomic E-state index is 14.0. The molecule has 2 aliphatic rings. The lowest BCUT2D eigenvalue weighted by molar-refractivity contribution is 0.0939. The molecule has 0 aliphatic carbocycles. The molecule has 4 rings (SSSR count). The predicted molar refractivity (Wildman–Crippen MR) is 96.0 cm³/mol. The third-order valence-electron chi connectivity index (χ3n) is 5.68.